The second-order valence-corrected chi connectivity index (χ2v) is 21.7. The number of phosphoric acid groups is 3. The Morgan fingerprint density at radius 2 is 1.51 bits per heavy atom. The molecule has 10 N–H and O–H groups in total. The number of nitrogens with two attached hydrogens (primary N) is 1. The van der Waals surface area contributed by atoms with Gasteiger partial charge in [-0.05, 0) is 44.9 Å². The molecule has 0 bridgehead atoms. The zero-order chi connectivity index (χ0) is 51.1. The topological polar surface area (TPSA) is 364 Å². The van der Waals surface area contributed by atoms with E-state index in [0.717, 1.165) is 61.1 Å². The third-order valence-corrected chi connectivity index (χ3v) is 14.0. The highest BCUT2D eigenvalue weighted by Gasteiger charge is 2.50. The van der Waals surface area contributed by atoms with E-state index < -0.39 is 84.6 Å². The molecule has 388 valence electrons. The van der Waals surface area contributed by atoms with Crippen LogP contribution in [0, 0.1) is 5.41 Å². The molecule has 24 nitrogen and oxygen atoms in total. The smallest absolute Gasteiger partial charge is 0.386 e. The number of phosphoric ester groups is 3. The van der Waals surface area contributed by atoms with Gasteiger partial charge in [0.15, 0.2) is 22.8 Å². The number of hydrogen-bond donors (Lipinski definition) is 9. The molecule has 1 saturated heterocycles. The number of hydrogen-bond acceptors (Lipinski definition) is 18. The van der Waals surface area contributed by atoms with Crippen molar-refractivity contribution in [2.24, 2.45) is 5.41 Å². The number of ether oxygens (including phenoxy) is 1. The number of fused-ring (bicyclic) bond motifs is 1. The predicted molar refractivity (Wildman–Crippen MR) is 256 cm³/mol. The molecule has 2 aromatic heterocycles. The number of thioether (sulfide) groups is 1. The van der Waals surface area contributed by atoms with Crippen molar-refractivity contribution in [1.29, 1.82) is 0 Å². The Hall–Kier alpha value is -3.48. The van der Waals surface area contributed by atoms with Crippen LogP contribution in [0.15, 0.2) is 61.3 Å². The summed E-state index contributed by atoms with van der Waals surface area (Å²) in [7, 11) is -16.4. The van der Waals surface area contributed by atoms with Crippen LogP contribution < -0.4 is 16.4 Å². The van der Waals surface area contributed by atoms with Gasteiger partial charge in [0.25, 0.3) is 0 Å². The first-order valence-corrected chi connectivity index (χ1v) is 27.7. The van der Waals surface area contributed by atoms with Crippen molar-refractivity contribution in [3.8, 4) is 0 Å². The average Bonchev–Trinajstić information content (AvgIpc) is 3.84. The lowest BCUT2D eigenvalue weighted by molar-refractivity contribution is -0.137. The minimum Gasteiger partial charge on any atom is -0.386 e. The Bertz CT molecular complexity index is 2220. The van der Waals surface area contributed by atoms with Crippen LogP contribution in [0.25, 0.3) is 11.2 Å². The number of nitrogens with one attached hydrogen (secondary N) is 2. The van der Waals surface area contributed by atoms with Gasteiger partial charge in [-0.1, -0.05) is 94.0 Å². The van der Waals surface area contributed by atoms with Crippen molar-refractivity contribution in [3.63, 3.8) is 0 Å². The number of aliphatic hydroxyl groups excluding tert-OH is 2. The number of unbranched alkanes of at least 4 members (excludes halogenated alkanes) is 4. The summed E-state index contributed by atoms with van der Waals surface area (Å²) in [5.41, 5.74) is 4.27. The first-order chi connectivity index (χ1) is 32.6. The Morgan fingerprint density at radius 1 is 0.884 bits per heavy atom. The number of amides is 2. The van der Waals surface area contributed by atoms with Crippen LogP contribution >= 0.6 is 35.2 Å². The van der Waals surface area contributed by atoms with E-state index in [2.05, 4.69) is 90.0 Å². The number of nitrogens with zero attached hydrogens (tertiary/aromatic N) is 4. The van der Waals surface area contributed by atoms with Gasteiger partial charge in [-0.2, -0.15) is 4.31 Å². The van der Waals surface area contributed by atoms with Crippen LogP contribution in [-0.4, -0.2) is 123 Å². The van der Waals surface area contributed by atoms with E-state index in [1.807, 2.05) is 0 Å². The molecule has 3 heterocycles. The summed E-state index contributed by atoms with van der Waals surface area (Å²) >= 11 is 1.11. The lowest BCUT2D eigenvalue weighted by Gasteiger charge is -2.30. The van der Waals surface area contributed by atoms with Crippen molar-refractivity contribution in [2.45, 2.75) is 122 Å². The summed E-state index contributed by atoms with van der Waals surface area (Å²) in [5.74, 6) is -1.09. The number of allylic oxidation sites excluding steroid dienone is 8. The Morgan fingerprint density at radius 3 is 2.14 bits per heavy atom. The number of aromatic nitrogens is 4. The molecule has 28 heteroatoms. The van der Waals surface area contributed by atoms with Gasteiger partial charge in [-0.25, -0.2) is 28.6 Å². The Labute approximate surface area is 405 Å². The molecule has 2 aromatic rings. The number of imidazole rings is 1. The third kappa shape index (κ3) is 22.6. The normalized spacial score (nSPS) is 20.3. The van der Waals surface area contributed by atoms with E-state index in [4.69, 9.17) is 19.5 Å². The van der Waals surface area contributed by atoms with E-state index in [9.17, 15) is 57.9 Å². The van der Waals surface area contributed by atoms with Crippen LogP contribution in [0.5, 0.6) is 0 Å². The molecular formula is C41H66N7O17P3S. The van der Waals surface area contributed by atoms with E-state index in [1.54, 1.807) is 0 Å². The zero-order valence-corrected chi connectivity index (χ0v) is 42.3. The van der Waals surface area contributed by atoms with Gasteiger partial charge in [0.05, 0.1) is 19.5 Å². The number of rotatable bonds is 33. The van der Waals surface area contributed by atoms with Crippen molar-refractivity contribution >= 4 is 69.1 Å². The van der Waals surface area contributed by atoms with Gasteiger partial charge in [0, 0.05) is 37.1 Å². The largest absolute Gasteiger partial charge is 0.481 e. The molecule has 0 radical (unpaired) electrons. The molecule has 0 spiro atoms. The molecular weight excluding hydrogens is 987 g/mol. The van der Waals surface area contributed by atoms with Crippen LogP contribution in [0.3, 0.4) is 0 Å². The Kier molecular flexibility index (Phi) is 25.8. The maximum atomic E-state index is 12.7. The summed E-state index contributed by atoms with van der Waals surface area (Å²) < 4.78 is 62.4. The summed E-state index contributed by atoms with van der Waals surface area (Å²) in [6, 6.07) is 0. The van der Waals surface area contributed by atoms with Gasteiger partial charge in [0.1, 0.15) is 36.3 Å². The van der Waals surface area contributed by atoms with Crippen molar-refractivity contribution in [1.82, 2.24) is 30.2 Å². The van der Waals surface area contributed by atoms with Crippen LogP contribution in [0.4, 0.5) is 5.82 Å². The molecule has 69 heavy (non-hydrogen) atoms. The molecule has 7 atom stereocenters. The lowest BCUT2D eigenvalue weighted by atomic mass is 9.87. The number of aliphatic hydroxyl groups is 2. The first kappa shape index (κ1) is 59.8. The molecule has 1 fully saturated rings. The Balaban J connectivity index is 1.31. The highest BCUT2D eigenvalue weighted by atomic mass is 32.2. The second-order valence-electron chi connectivity index (χ2n) is 16.3. The minimum absolute atomic E-state index is 0.0112. The molecule has 0 aliphatic carbocycles. The van der Waals surface area contributed by atoms with E-state index in [0.29, 0.717) is 18.6 Å². The van der Waals surface area contributed by atoms with Gasteiger partial charge in [0.2, 0.25) is 11.8 Å². The van der Waals surface area contributed by atoms with Crippen LogP contribution in [-0.2, 0) is 50.7 Å². The second kappa shape index (κ2) is 29.8. The van der Waals surface area contributed by atoms with Crippen molar-refractivity contribution in [2.75, 3.05) is 37.8 Å². The summed E-state index contributed by atoms with van der Waals surface area (Å²) in [5, 5.41) is 26.6. The van der Waals surface area contributed by atoms with E-state index in [1.165, 1.54) is 33.1 Å². The molecule has 1 aliphatic rings. The average molecular weight is 1050 g/mol. The first-order valence-electron chi connectivity index (χ1n) is 22.2. The predicted octanol–water partition coefficient (Wildman–Crippen LogP) is 4.81. The molecule has 3 rings (SSSR count). The molecule has 2 amide bonds. The molecule has 4 unspecified atom stereocenters. The number of carbonyl (C=O) groups excluding carboxylic acids is 3. The zero-order valence-electron chi connectivity index (χ0n) is 38.8. The standard InChI is InChI=1S/C41H66N7O17P3S/c1-4-5-6-7-8-9-10-11-12-13-14-15-16-17-18-19-20-21-32(50)69-25-24-43-31(49)22-23-44-39(53)36(52)41(2,3)27-62-68(59,60)65-67(57,58)61-26-30-35(64-66(54,55)56)34(51)40(63-30)48-29-47-33-37(42)45-28-46-38(33)48/h8-9,11-12,14-15,17-18,28-30,34-36,40,51-52H,4-7,10,13,16,19-27H2,1-3H3,(H,43,49)(H,44,53)(H,57,58)(H,59,60)(H2,42,45,46)(H2,54,55,56)/b9-8-,12-11-,15-14-,18-17-/t30-,34?,35?,36+,40-/m1/s1. The number of nitrogen functional groups attached to an aromatic ring is 1. The lowest BCUT2D eigenvalue weighted by Crippen LogP contribution is -2.46. The van der Waals surface area contributed by atoms with Gasteiger partial charge < -0.3 is 50.9 Å². The van der Waals surface area contributed by atoms with E-state index >= 15 is 0 Å². The fourth-order valence-corrected chi connectivity index (χ4v) is 9.84. The third-order valence-electron chi connectivity index (χ3n) is 9.97. The van der Waals surface area contributed by atoms with Crippen LogP contribution in [0.2, 0.25) is 0 Å². The summed E-state index contributed by atoms with van der Waals surface area (Å²) in [6.45, 7) is 2.71. The number of carbonyl (C=O) groups is 3. The summed E-state index contributed by atoms with van der Waals surface area (Å²) in [4.78, 5) is 88.3. The maximum absolute atomic E-state index is 12.7. The maximum Gasteiger partial charge on any atom is 0.481 e. The van der Waals surface area contributed by atoms with Crippen molar-refractivity contribution in [3.05, 3.63) is 61.3 Å². The highest BCUT2D eigenvalue weighted by Crippen LogP contribution is 2.61. The molecule has 0 aromatic carbocycles. The van der Waals surface area contributed by atoms with Gasteiger partial charge in [-0.15, -0.1) is 0 Å². The summed E-state index contributed by atoms with van der Waals surface area (Å²) in [6.07, 6.45) is 19.7. The van der Waals surface area contributed by atoms with E-state index in [-0.39, 0.29) is 41.6 Å². The van der Waals surface area contributed by atoms with Crippen LogP contribution in [0.1, 0.15) is 97.6 Å². The number of anilines is 1. The van der Waals surface area contributed by atoms with Gasteiger partial charge in [-0.3, -0.25) is 32.5 Å². The highest BCUT2D eigenvalue weighted by molar-refractivity contribution is 8.13. The molecule has 0 saturated carbocycles. The SMILES string of the molecule is CCCCC/C=C\C/C=C\C/C=C\C/C=C\CCCC(=O)SCCNC(=O)CCNC(=O)[C@H](O)C(C)(C)COP(=O)(O)OP(=O)(O)OC[C@H]1O[C@@H](n2cnc3c(N)ncnc32)C(O)C1OP(=O)(O)O. The minimum atomic E-state index is -5.58. The fourth-order valence-electron chi connectivity index (χ4n) is 6.29. The van der Waals surface area contributed by atoms with Gasteiger partial charge >= 0.3 is 23.5 Å². The fraction of sp³-hybridized carbons (Fsp3) is 0.610. The quantitative estimate of drug-likeness (QED) is 0.0263. The monoisotopic (exact) mass is 1050 g/mol. The molecule has 1 aliphatic heterocycles. The van der Waals surface area contributed by atoms with Crippen molar-refractivity contribution < 1.29 is 80.5 Å².